The number of benzene rings is 2. The van der Waals surface area contributed by atoms with Gasteiger partial charge >= 0.3 is 0 Å². The maximum Gasteiger partial charge on any atom is 0.225 e. The Balaban J connectivity index is 1.31. The molecule has 4 aromatic rings. The molecule has 148 valence electrons. The van der Waals surface area contributed by atoms with Crippen LogP contribution in [-0.2, 0) is 17.8 Å². The van der Waals surface area contributed by atoms with Gasteiger partial charge in [-0.25, -0.2) is 4.39 Å². The first-order valence-electron chi connectivity index (χ1n) is 9.41. The average Bonchev–Trinajstić information content (AvgIpc) is 3.27. The highest BCUT2D eigenvalue weighted by atomic mass is 35.5. The van der Waals surface area contributed by atoms with Crippen molar-refractivity contribution in [2.75, 3.05) is 5.32 Å². The molecule has 29 heavy (non-hydrogen) atoms. The number of aromatic nitrogens is 3. The largest absolute Gasteiger partial charge is 0.361 e. The number of hydrogen-bond donors (Lipinski definition) is 2. The van der Waals surface area contributed by atoms with Crippen LogP contribution in [-0.4, -0.2) is 20.7 Å². The molecule has 2 N–H and O–H groups in total. The molecular weight excluding hydrogens is 391 g/mol. The van der Waals surface area contributed by atoms with Crippen molar-refractivity contribution >= 4 is 34.2 Å². The molecule has 0 aliphatic carbocycles. The van der Waals surface area contributed by atoms with Gasteiger partial charge in [0, 0.05) is 29.7 Å². The lowest BCUT2D eigenvalue weighted by atomic mass is 10.1. The van der Waals surface area contributed by atoms with Gasteiger partial charge in [0.05, 0.1) is 6.54 Å². The van der Waals surface area contributed by atoms with Gasteiger partial charge in [0.25, 0.3) is 0 Å². The van der Waals surface area contributed by atoms with Crippen LogP contribution in [0.25, 0.3) is 10.9 Å². The number of fused-ring (bicyclic) bond motifs is 1. The Hall–Kier alpha value is -3.12. The van der Waals surface area contributed by atoms with Gasteiger partial charge in [-0.15, -0.1) is 0 Å². The zero-order valence-electron chi connectivity index (χ0n) is 15.7. The number of anilines is 1. The predicted molar refractivity (Wildman–Crippen MR) is 113 cm³/mol. The quantitative estimate of drug-likeness (QED) is 0.441. The van der Waals surface area contributed by atoms with Gasteiger partial charge in [-0.3, -0.25) is 9.48 Å². The highest BCUT2D eigenvalue weighted by molar-refractivity contribution is 6.33. The van der Waals surface area contributed by atoms with Gasteiger partial charge in [0.15, 0.2) is 5.82 Å². The molecule has 4 rings (SSSR count). The maximum absolute atomic E-state index is 13.0. The Morgan fingerprint density at radius 1 is 1.17 bits per heavy atom. The number of halogens is 2. The van der Waals surface area contributed by atoms with Crippen molar-refractivity contribution in [2.24, 2.45) is 0 Å². The van der Waals surface area contributed by atoms with E-state index in [1.807, 2.05) is 24.4 Å². The molecule has 0 atom stereocenters. The lowest BCUT2D eigenvalue weighted by Gasteiger charge is -2.04. The Kier molecular flexibility index (Phi) is 5.62. The van der Waals surface area contributed by atoms with Crippen LogP contribution in [0.4, 0.5) is 10.2 Å². The van der Waals surface area contributed by atoms with E-state index in [-0.39, 0.29) is 11.7 Å². The number of H-pyrrole nitrogens is 1. The lowest BCUT2D eigenvalue weighted by molar-refractivity contribution is -0.116. The summed E-state index contributed by atoms with van der Waals surface area (Å²) in [5.74, 6) is -0.0718. The van der Waals surface area contributed by atoms with Crippen molar-refractivity contribution < 1.29 is 9.18 Å². The predicted octanol–water partition coefficient (Wildman–Crippen LogP) is 5.17. The molecule has 1 amide bonds. The van der Waals surface area contributed by atoms with Crippen LogP contribution >= 0.6 is 11.6 Å². The number of hydrogen-bond acceptors (Lipinski definition) is 2. The SMILES string of the molecule is O=C(CCCc1c[nH]c2ccccc12)Nc1nn(Cc2ccc(F)cc2)cc1Cl. The number of nitrogens with one attached hydrogen (secondary N) is 2. The van der Waals surface area contributed by atoms with Gasteiger partial charge in [0.1, 0.15) is 10.8 Å². The van der Waals surface area contributed by atoms with Gasteiger partial charge in [-0.05, 0) is 42.2 Å². The fourth-order valence-corrected chi connectivity index (χ4v) is 3.51. The number of aryl methyl sites for hydroxylation is 1. The van der Waals surface area contributed by atoms with Crippen molar-refractivity contribution in [1.82, 2.24) is 14.8 Å². The number of amides is 1. The summed E-state index contributed by atoms with van der Waals surface area (Å²) < 4.78 is 14.6. The summed E-state index contributed by atoms with van der Waals surface area (Å²) in [4.78, 5) is 15.5. The van der Waals surface area contributed by atoms with E-state index in [2.05, 4.69) is 21.5 Å². The van der Waals surface area contributed by atoms with E-state index in [1.54, 1.807) is 23.0 Å². The molecule has 7 heteroatoms. The minimum absolute atomic E-state index is 0.126. The summed E-state index contributed by atoms with van der Waals surface area (Å²) in [6.07, 6.45) is 5.55. The first kappa shape index (κ1) is 19.2. The third-order valence-corrected chi connectivity index (χ3v) is 5.03. The summed E-state index contributed by atoms with van der Waals surface area (Å²) >= 11 is 6.20. The Labute approximate surface area is 172 Å². The Bertz CT molecular complexity index is 1130. The molecule has 2 aromatic heterocycles. The minimum Gasteiger partial charge on any atom is -0.361 e. The van der Waals surface area contributed by atoms with Gasteiger partial charge in [-0.2, -0.15) is 5.10 Å². The van der Waals surface area contributed by atoms with Crippen LogP contribution in [0.2, 0.25) is 5.02 Å². The fraction of sp³-hybridized carbons (Fsp3) is 0.182. The Morgan fingerprint density at radius 2 is 1.97 bits per heavy atom. The molecule has 0 spiro atoms. The molecule has 0 radical (unpaired) electrons. The number of nitrogens with zero attached hydrogens (tertiary/aromatic N) is 2. The van der Waals surface area contributed by atoms with E-state index in [1.165, 1.54) is 23.1 Å². The molecule has 5 nitrogen and oxygen atoms in total. The Morgan fingerprint density at radius 3 is 2.79 bits per heavy atom. The second-order valence-corrected chi connectivity index (χ2v) is 7.32. The van der Waals surface area contributed by atoms with Crippen molar-refractivity contribution in [3.63, 3.8) is 0 Å². The fourth-order valence-electron chi connectivity index (χ4n) is 3.31. The summed E-state index contributed by atoms with van der Waals surface area (Å²) in [6, 6.07) is 14.3. The van der Waals surface area contributed by atoms with E-state index in [9.17, 15) is 9.18 Å². The number of aromatic amines is 1. The summed E-state index contributed by atoms with van der Waals surface area (Å²) in [5.41, 5.74) is 3.20. The van der Waals surface area contributed by atoms with Crippen LogP contribution in [0, 0.1) is 5.82 Å². The molecule has 0 aliphatic heterocycles. The summed E-state index contributed by atoms with van der Waals surface area (Å²) in [6.45, 7) is 0.441. The number of carbonyl (C=O) groups is 1. The standard InChI is InChI=1S/C22H20ClFN4O/c23-19-14-28(13-15-8-10-17(24)11-9-15)27-22(19)26-21(29)7-3-4-16-12-25-20-6-2-1-5-18(16)20/h1-2,5-6,8-12,14,25H,3-4,7,13H2,(H,26,27,29). The van der Waals surface area contributed by atoms with Gasteiger partial charge in [0.2, 0.25) is 5.91 Å². The summed E-state index contributed by atoms with van der Waals surface area (Å²) in [5, 5.41) is 8.66. The summed E-state index contributed by atoms with van der Waals surface area (Å²) in [7, 11) is 0. The van der Waals surface area contributed by atoms with Crippen molar-refractivity contribution in [3.8, 4) is 0 Å². The smallest absolute Gasteiger partial charge is 0.225 e. The van der Waals surface area contributed by atoms with E-state index >= 15 is 0 Å². The first-order valence-corrected chi connectivity index (χ1v) is 9.78. The van der Waals surface area contributed by atoms with Crippen LogP contribution in [0.5, 0.6) is 0 Å². The molecule has 0 aliphatic rings. The minimum atomic E-state index is -0.284. The normalized spacial score (nSPS) is 11.1. The van der Waals surface area contributed by atoms with Crippen LogP contribution < -0.4 is 5.32 Å². The second kappa shape index (κ2) is 8.49. The molecule has 2 aromatic carbocycles. The monoisotopic (exact) mass is 410 g/mol. The van der Waals surface area contributed by atoms with E-state index in [0.29, 0.717) is 23.8 Å². The molecule has 0 fully saturated rings. The molecule has 0 saturated carbocycles. The van der Waals surface area contributed by atoms with Gasteiger partial charge in [-0.1, -0.05) is 41.9 Å². The molecule has 0 unspecified atom stereocenters. The number of rotatable bonds is 7. The third kappa shape index (κ3) is 4.66. The molecular formula is C22H20ClFN4O. The average molecular weight is 411 g/mol. The van der Waals surface area contributed by atoms with Gasteiger partial charge < -0.3 is 10.3 Å². The van der Waals surface area contributed by atoms with Crippen LogP contribution in [0.3, 0.4) is 0 Å². The topological polar surface area (TPSA) is 62.7 Å². The molecule has 0 saturated heterocycles. The third-order valence-electron chi connectivity index (χ3n) is 4.76. The maximum atomic E-state index is 13.0. The van der Waals surface area contributed by atoms with Crippen molar-refractivity contribution in [2.45, 2.75) is 25.8 Å². The van der Waals surface area contributed by atoms with E-state index < -0.39 is 0 Å². The van der Waals surface area contributed by atoms with Crippen LogP contribution in [0.15, 0.2) is 60.9 Å². The van der Waals surface area contributed by atoms with Crippen LogP contribution in [0.1, 0.15) is 24.0 Å². The molecule has 0 bridgehead atoms. The second-order valence-electron chi connectivity index (χ2n) is 6.91. The number of carbonyl (C=O) groups excluding carboxylic acids is 1. The highest BCUT2D eigenvalue weighted by Gasteiger charge is 2.12. The number of para-hydroxylation sites is 1. The highest BCUT2D eigenvalue weighted by Crippen LogP contribution is 2.22. The van der Waals surface area contributed by atoms with Crippen molar-refractivity contribution in [1.29, 1.82) is 0 Å². The lowest BCUT2D eigenvalue weighted by Crippen LogP contribution is -2.13. The zero-order chi connectivity index (χ0) is 20.2. The van der Waals surface area contributed by atoms with E-state index in [4.69, 9.17) is 11.6 Å². The first-order chi connectivity index (χ1) is 14.1. The zero-order valence-corrected chi connectivity index (χ0v) is 16.4. The van der Waals surface area contributed by atoms with Crippen molar-refractivity contribution in [3.05, 3.63) is 82.9 Å². The molecule has 2 heterocycles. The van der Waals surface area contributed by atoms with E-state index in [0.717, 1.165) is 23.9 Å².